The number of carbonyl (C=O) groups excluding carboxylic acids is 2. The molecule has 4 unspecified atom stereocenters. The van der Waals surface area contributed by atoms with Crippen molar-refractivity contribution in [2.24, 2.45) is 10.9 Å². The van der Waals surface area contributed by atoms with E-state index in [1.165, 1.54) is 0 Å². The van der Waals surface area contributed by atoms with Gasteiger partial charge in [-0.05, 0) is 36.3 Å². The third-order valence-corrected chi connectivity index (χ3v) is 6.03. The summed E-state index contributed by atoms with van der Waals surface area (Å²) in [6, 6.07) is 15.9. The van der Waals surface area contributed by atoms with Crippen LogP contribution >= 0.6 is 0 Å². The fraction of sp³-hybridized carbons (Fsp3) is 0.429. The molecule has 0 saturated carbocycles. The van der Waals surface area contributed by atoms with Crippen molar-refractivity contribution >= 4 is 23.9 Å². The van der Waals surface area contributed by atoms with E-state index in [0.29, 0.717) is 19.3 Å². The highest BCUT2D eigenvalue weighted by atomic mass is 16.5. The Hall–Kier alpha value is -3.92. The number of aliphatic hydroxyl groups excluding tert-OH is 1. The topological polar surface area (TPSA) is 147 Å². The van der Waals surface area contributed by atoms with Crippen LogP contribution in [0.5, 0.6) is 0 Å². The van der Waals surface area contributed by atoms with Gasteiger partial charge in [-0.3, -0.25) is 4.79 Å². The van der Waals surface area contributed by atoms with Gasteiger partial charge in [-0.2, -0.15) is 0 Å². The maximum absolute atomic E-state index is 13.3. The normalized spacial score (nSPS) is 17.1. The standard InChI is InChI=1S/C28H35N3O7/c1-18(2)15-22(31-28(36)38-16-20-11-7-4-8-12-20)25(33)29-21(14-13-19-9-5-3-6-10-19)24(32)26-30-23(17-37-26)27(34)35/h3-12,18,21-24,32H,13-17H2,1-2H3,(H,29,33)(H,31,36)(H,34,35). The number of alkyl carbamates (subject to hydrolysis) is 1. The van der Waals surface area contributed by atoms with Gasteiger partial charge in [-0.1, -0.05) is 74.5 Å². The number of aliphatic imine (C=N–C) groups is 1. The second-order valence-electron chi connectivity index (χ2n) is 9.60. The first kappa shape index (κ1) is 28.6. The average molecular weight is 526 g/mol. The predicted molar refractivity (Wildman–Crippen MR) is 141 cm³/mol. The zero-order valence-corrected chi connectivity index (χ0v) is 21.6. The molecular formula is C28H35N3O7. The van der Waals surface area contributed by atoms with Crippen molar-refractivity contribution in [2.75, 3.05) is 6.61 Å². The fourth-order valence-corrected chi connectivity index (χ4v) is 4.02. The van der Waals surface area contributed by atoms with Gasteiger partial charge in [0.15, 0.2) is 6.04 Å². The summed E-state index contributed by atoms with van der Waals surface area (Å²) in [5.74, 6) is -1.72. The fourth-order valence-electron chi connectivity index (χ4n) is 4.02. The Kier molecular flexibility index (Phi) is 10.7. The lowest BCUT2D eigenvalue weighted by Gasteiger charge is -2.27. The summed E-state index contributed by atoms with van der Waals surface area (Å²) < 4.78 is 10.6. The largest absolute Gasteiger partial charge is 0.480 e. The third-order valence-electron chi connectivity index (χ3n) is 6.03. The van der Waals surface area contributed by atoms with Crippen LogP contribution in [0.3, 0.4) is 0 Å². The monoisotopic (exact) mass is 525 g/mol. The number of amides is 2. The molecule has 10 heteroatoms. The van der Waals surface area contributed by atoms with E-state index >= 15 is 0 Å². The lowest BCUT2D eigenvalue weighted by molar-refractivity contribution is -0.138. The van der Waals surface area contributed by atoms with Crippen molar-refractivity contribution in [2.45, 2.75) is 63.9 Å². The molecule has 38 heavy (non-hydrogen) atoms. The minimum Gasteiger partial charge on any atom is -0.480 e. The van der Waals surface area contributed by atoms with Crippen molar-refractivity contribution in [3.63, 3.8) is 0 Å². The maximum atomic E-state index is 13.3. The van der Waals surface area contributed by atoms with E-state index in [-0.39, 0.29) is 25.0 Å². The molecule has 3 rings (SSSR count). The van der Waals surface area contributed by atoms with Crippen LogP contribution in [0.2, 0.25) is 0 Å². The lowest BCUT2D eigenvalue weighted by Crippen LogP contribution is -2.54. The maximum Gasteiger partial charge on any atom is 0.408 e. The molecule has 204 valence electrons. The number of aliphatic carboxylic acids is 1. The molecule has 0 radical (unpaired) electrons. The lowest BCUT2D eigenvalue weighted by atomic mass is 9.99. The minimum absolute atomic E-state index is 0.0585. The molecule has 1 aliphatic heterocycles. The summed E-state index contributed by atoms with van der Waals surface area (Å²) in [4.78, 5) is 41.1. The third kappa shape index (κ3) is 8.88. The summed E-state index contributed by atoms with van der Waals surface area (Å²) in [5, 5.41) is 25.7. The van der Waals surface area contributed by atoms with E-state index in [1.54, 1.807) is 0 Å². The van der Waals surface area contributed by atoms with Crippen molar-refractivity contribution in [1.82, 2.24) is 10.6 Å². The van der Waals surface area contributed by atoms with Gasteiger partial charge in [-0.25, -0.2) is 14.6 Å². The number of carboxylic acids is 1. The number of benzene rings is 2. The summed E-state index contributed by atoms with van der Waals surface area (Å²) in [7, 11) is 0. The van der Waals surface area contributed by atoms with E-state index in [4.69, 9.17) is 9.47 Å². The highest BCUT2D eigenvalue weighted by Gasteiger charge is 2.35. The molecule has 0 saturated heterocycles. The van der Waals surface area contributed by atoms with Gasteiger partial charge in [0.05, 0.1) is 6.04 Å². The molecule has 1 heterocycles. The van der Waals surface area contributed by atoms with E-state index in [0.717, 1.165) is 11.1 Å². The zero-order valence-electron chi connectivity index (χ0n) is 21.6. The van der Waals surface area contributed by atoms with Gasteiger partial charge >= 0.3 is 12.1 Å². The molecule has 1 aliphatic rings. The molecule has 0 aromatic heterocycles. The first-order chi connectivity index (χ1) is 18.2. The number of rotatable bonds is 13. The van der Waals surface area contributed by atoms with Crippen LogP contribution in [0.4, 0.5) is 4.79 Å². The van der Waals surface area contributed by atoms with Crippen LogP contribution < -0.4 is 10.6 Å². The van der Waals surface area contributed by atoms with Crippen molar-refractivity contribution < 1.29 is 34.1 Å². The van der Waals surface area contributed by atoms with Crippen LogP contribution in [0, 0.1) is 5.92 Å². The van der Waals surface area contributed by atoms with Crippen molar-refractivity contribution in [3.8, 4) is 0 Å². The van der Waals surface area contributed by atoms with E-state index < -0.39 is 42.2 Å². The highest BCUT2D eigenvalue weighted by molar-refractivity contribution is 5.90. The molecule has 2 aromatic carbocycles. The Morgan fingerprint density at radius 1 is 1.03 bits per heavy atom. The number of aliphatic hydroxyl groups is 1. The molecule has 2 aromatic rings. The van der Waals surface area contributed by atoms with Gasteiger partial charge in [0.2, 0.25) is 11.8 Å². The quantitative estimate of drug-likeness (QED) is 0.314. The number of nitrogens with one attached hydrogen (secondary N) is 2. The molecule has 0 fully saturated rings. The molecule has 0 bridgehead atoms. The summed E-state index contributed by atoms with van der Waals surface area (Å²) in [6.07, 6.45) is -0.906. The molecule has 4 atom stereocenters. The summed E-state index contributed by atoms with van der Waals surface area (Å²) in [5.41, 5.74) is 1.81. The minimum atomic E-state index is -1.36. The predicted octanol–water partition coefficient (Wildman–Crippen LogP) is 2.69. The second kappa shape index (κ2) is 14.1. The average Bonchev–Trinajstić information content (AvgIpc) is 3.41. The van der Waals surface area contributed by atoms with Gasteiger partial charge < -0.3 is 30.3 Å². The number of nitrogens with zero attached hydrogens (tertiary/aromatic N) is 1. The first-order valence-electron chi connectivity index (χ1n) is 12.7. The number of carboxylic acid groups (broad SMARTS) is 1. The molecule has 10 nitrogen and oxygen atoms in total. The van der Waals surface area contributed by atoms with Gasteiger partial charge in [0, 0.05) is 0 Å². The van der Waals surface area contributed by atoms with E-state index in [2.05, 4.69) is 15.6 Å². The molecule has 0 spiro atoms. The van der Waals surface area contributed by atoms with Crippen LogP contribution in [0.1, 0.15) is 37.8 Å². The Morgan fingerprint density at radius 3 is 2.24 bits per heavy atom. The van der Waals surface area contributed by atoms with Crippen LogP contribution in [0.15, 0.2) is 65.7 Å². The van der Waals surface area contributed by atoms with Gasteiger partial charge in [0.25, 0.3) is 0 Å². The summed E-state index contributed by atoms with van der Waals surface area (Å²) >= 11 is 0. The SMILES string of the molecule is CC(C)CC(NC(=O)OCc1ccccc1)C(=O)NC(CCc1ccccc1)C(O)C1=NC(C(=O)O)CO1. The Balaban J connectivity index is 1.70. The zero-order chi connectivity index (χ0) is 27.5. The van der Waals surface area contributed by atoms with Gasteiger partial charge in [0.1, 0.15) is 25.4 Å². The number of hydrogen-bond acceptors (Lipinski definition) is 7. The Labute approximate surface area is 222 Å². The number of carbonyl (C=O) groups is 3. The highest BCUT2D eigenvalue weighted by Crippen LogP contribution is 2.15. The van der Waals surface area contributed by atoms with E-state index in [9.17, 15) is 24.6 Å². The second-order valence-corrected chi connectivity index (χ2v) is 9.60. The Morgan fingerprint density at radius 2 is 1.66 bits per heavy atom. The van der Waals surface area contributed by atoms with Crippen molar-refractivity contribution in [3.05, 3.63) is 71.8 Å². The number of aryl methyl sites for hydroxylation is 1. The molecule has 4 N–H and O–H groups in total. The van der Waals surface area contributed by atoms with E-state index in [1.807, 2.05) is 74.5 Å². The van der Waals surface area contributed by atoms with Crippen LogP contribution in [-0.4, -0.2) is 64.9 Å². The Bertz CT molecular complexity index is 1090. The van der Waals surface area contributed by atoms with Crippen LogP contribution in [-0.2, 0) is 32.1 Å². The van der Waals surface area contributed by atoms with Gasteiger partial charge in [-0.15, -0.1) is 0 Å². The smallest absolute Gasteiger partial charge is 0.408 e. The number of hydrogen-bond donors (Lipinski definition) is 4. The van der Waals surface area contributed by atoms with Crippen LogP contribution in [0.25, 0.3) is 0 Å². The molecule has 0 aliphatic carbocycles. The van der Waals surface area contributed by atoms with Crippen molar-refractivity contribution in [1.29, 1.82) is 0 Å². The number of ether oxygens (including phenoxy) is 2. The molecular weight excluding hydrogens is 490 g/mol. The summed E-state index contributed by atoms with van der Waals surface area (Å²) in [6.45, 7) is 3.72. The molecule has 2 amide bonds. The first-order valence-corrected chi connectivity index (χ1v) is 12.7.